The van der Waals surface area contributed by atoms with Gasteiger partial charge in [0.1, 0.15) is 5.75 Å². The molecule has 0 atom stereocenters. The number of hydrogen-bond donors (Lipinski definition) is 2. The number of nitrogens with one attached hydrogen (secondary N) is 1. The van der Waals surface area contributed by atoms with E-state index in [1.807, 2.05) is 6.92 Å². The second-order valence-electron chi connectivity index (χ2n) is 5.81. The van der Waals surface area contributed by atoms with Gasteiger partial charge in [0.05, 0.1) is 5.56 Å². The molecule has 0 saturated carbocycles. The van der Waals surface area contributed by atoms with Gasteiger partial charge in [0, 0.05) is 6.54 Å². The molecule has 0 heterocycles. The number of aryl methyl sites for hydroxylation is 4. The quantitative estimate of drug-likeness (QED) is 0.827. The van der Waals surface area contributed by atoms with Crippen LogP contribution in [0.15, 0.2) is 36.4 Å². The van der Waals surface area contributed by atoms with E-state index >= 15 is 0 Å². The highest BCUT2D eigenvalue weighted by atomic mass is 16.3. The molecular weight excluding hydrogens is 274 g/mol. The molecule has 3 nitrogen and oxygen atoms in total. The molecule has 0 spiro atoms. The summed E-state index contributed by atoms with van der Waals surface area (Å²) >= 11 is 0. The van der Waals surface area contributed by atoms with Crippen LogP contribution < -0.4 is 5.32 Å². The van der Waals surface area contributed by atoms with E-state index in [1.165, 1.54) is 16.7 Å². The van der Waals surface area contributed by atoms with Gasteiger partial charge in [-0.15, -0.1) is 0 Å². The van der Waals surface area contributed by atoms with Crippen LogP contribution in [-0.2, 0) is 6.42 Å². The Morgan fingerprint density at radius 2 is 1.73 bits per heavy atom. The number of carbonyl (C=O) groups is 1. The minimum absolute atomic E-state index is 0.0254. The summed E-state index contributed by atoms with van der Waals surface area (Å²) in [5, 5.41) is 12.6. The van der Waals surface area contributed by atoms with Crippen LogP contribution >= 0.6 is 0 Å². The van der Waals surface area contributed by atoms with E-state index in [0.717, 1.165) is 18.4 Å². The molecule has 0 saturated heterocycles. The lowest BCUT2D eigenvalue weighted by Crippen LogP contribution is -2.25. The van der Waals surface area contributed by atoms with E-state index in [4.69, 9.17) is 0 Å². The zero-order valence-corrected chi connectivity index (χ0v) is 13.4. The van der Waals surface area contributed by atoms with E-state index in [9.17, 15) is 9.90 Å². The predicted octanol–water partition coefficient (Wildman–Crippen LogP) is 3.68. The van der Waals surface area contributed by atoms with Crippen molar-refractivity contribution in [3.63, 3.8) is 0 Å². The second-order valence-corrected chi connectivity index (χ2v) is 5.81. The van der Waals surface area contributed by atoms with E-state index < -0.39 is 0 Å². The molecule has 0 aliphatic carbocycles. The summed E-state index contributed by atoms with van der Waals surface area (Å²) in [7, 11) is 0. The lowest BCUT2D eigenvalue weighted by molar-refractivity contribution is 0.0950. The summed E-state index contributed by atoms with van der Waals surface area (Å²) in [4.78, 5) is 12.1. The van der Waals surface area contributed by atoms with E-state index in [-0.39, 0.29) is 11.7 Å². The van der Waals surface area contributed by atoms with Crippen LogP contribution in [0, 0.1) is 20.8 Å². The van der Waals surface area contributed by atoms with Crippen LogP contribution in [-0.4, -0.2) is 17.6 Å². The first-order valence-electron chi connectivity index (χ1n) is 7.61. The fraction of sp³-hybridized carbons (Fsp3) is 0.316. The summed E-state index contributed by atoms with van der Waals surface area (Å²) in [6.07, 6.45) is 1.81. The number of phenolic OH excluding ortho intramolecular Hbond substituents is 1. The van der Waals surface area contributed by atoms with Crippen LogP contribution in [0.3, 0.4) is 0 Å². The molecule has 3 heteroatoms. The van der Waals surface area contributed by atoms with Crippen molar-refractivity contribution in [3.05, 3.63) is 64.2 Å². The number of aromatic hydroxyl groups is 1. The minimum atomic E-state index is -0.221. The van der Waals surface area contributed by atoms with Gasteiger partial charge in [-0.1, -0.05) is 35.4 Å². The largest absolute Gasteiger partial charge is 0.507 e. The lowest BCUT2D eigenvalue weighted by Gasteiger charge is -2.09. The monoisotopic (exact) mass is 297 g/mol. The minimum Gasteiger partial charge on any atom is -0.507 e. The first-order valence-corrected chi connectivity index (χ1v) is 7.61. The first-order chi connectivity index (χ1) is 10.5. The third kappa shape index (κ3) is 4.10. The Hall–Kier alpha value is -2.29. The van der Waals surface area contributed by atoms with Crippen molar-refractivity contribution in [2.75, 3.05) is 6.54 Å². The maximum absolute atomic E-state index is 12.1. The van der Waals surface area contributed by atoms with Gasteiger partial charge in [0.2, 0.25) is 0 Å². The molecule has 1 amide bonds. The van der Waals surface area contributed by atoms with Gasteiger partial charge in [0.15, 0.2) is 0 Å². The Kier molecular flexibility index (Phi) is 5.21. The summed E-state index contributed by atoms with van der Waals surface area (Å²) in [6.45, 7) is 6.70. The summed E-state index contributed by atoms with van der Waals surface area (Å²) < 4.78 is 0. The Morgan fingerprint density at radius 3 is 2.45 bits per heavy atom. The molecule has 0 aliphatic rings. The third-order valence-electron chi connectivity index (χ3n) is 3.80. The number of carbonyl (C=O) groups excluding carboxylic acids is 1. The zero-order chi connectivity index (χ0) is 16.1. The van der Waals surface area contributed by atoms with Crippen molar-refractivity contribution in [2.24, 2.45) is 0 Å². The van der Waals surface area contributed by atoms with Crippen molar-refractivity contribution in [1.82, 2.24) is 5.32 Å². The van der Waals surface area contributed by atoms with Crippen LogP contribution in [0.2, 0.25) is 0 Å². The molecule has 0 bridgehead atoms. The molecule has 2 aromatic rings. The molecule has 2 N–H and O–H groups in total. The number of amides is 1. The van der Waals surface area contributed by atoms with Crippen LogP contribution in [0.5, 0.6) is 5.75 Å². The Bertz CT molecular complexity index is 677. The molecule has 0 aromatic heterocycles. The number of hydrogen-bond acceptors (Lipinski definition) is 2. The smallest absolute Gasteiger partial charge is 0.255 e. The molecule has 116 valence electrons. The fourth-order valence-electron chi connectivity index (χ4n) is 2.53. The van der Waals surface area contributed by atoms with Gasteiger partial charge in [-0.2, -0.15) is 0 Å². The molecule has 2 aromatic carbocycles. The molecule has 0 unspecified atom stereocenters. The van der Waals surface area contributed by atoms with Crippen molar-refractivity contribution in [1.29, 1.82) is 0 Å². The highest BCUT2D eigenvalue weighted by Gasteiger charge is 2.10. The zero-order valence-electron chi connectivity index (χ0n) is 13.4. The normalized spacial score (nSPS) is 10.5. The van der Waals surface area contributed by atoms with Gasteiger partial charge in [-0.05, 0) is 56.9 Å². The highest BCUT2D eigenvalue weighted by molar-refractivity contribution is 5.96. The van der Waals surface area contributed by atoms with Gasteiger partial charge in [-0.3, -0.25) is 4.79 Å². The number of benzene rings is 2. The predicted molar refractivity (Wildman–Crippen MR) is 89.4 cm³/mol. The van der Waals surface area contributed by atoms with Crippen LogP contribution in [0.1, 0.15) is 39.0 Å². The van der Waals surface area contributed by atoms with Crippen LogP contribution in [0.4, 0.5) is 0 Å². The van der Waals surface area contributed by atoms with Crippen molar-refractivity contribution in [3.8, 4) is 5.75 Å². The average molecular weight is 297 g/mol. The van der Waals surface area contributed by atoms with Gasteiger partial charge in [-0.25, -0.2) is 0 Å². The van der Waals surface area contributed by atoms with Crippen LogP contribution in [0.25, 0.3) is 0 Å². The summed E-state index contributed by atoms with van der Waals surface area (Å²) in [5.41, 5.74) is 5.18. The summed E-state index contributed by atoms with van der Waals surface area (Å²) in [5.74, 6) is -0.195. The third-order valence-corrected chi connectivity index (χ3v) is 3.80. The highest BCUT2D eigenvalue weighted by Crippen LogP contribution is 2.18. The molecule has 0 aliphatic heterocycles. The Morgan fingerprint density at radius 1 is 1.05 bits per heavy atom. The molecule has 0 fully saturated rings. The standard InChI is InChI=1S/C19H23NO2/c1-13-6-8-16(15(3)11-13)5-4-10-20-19(22)17-12-14(2)7-9-18(17)21/h6-9,11-12,21H,4-5,10H2,1-3H3,(H,20,22). The topological polar surface area (TPSA) is 49.3 Å². The Labute approximate surface area is 132 Å². The number of phenols is 1. The van der Waals surface area contributed by atoms with Crippen molar-refractivity contribution in [2.45, 2.75) is 33.6 Å². The Balaban J connectivity index is 1.86. The van der Waals surface area contributed by atoms with E-state index in [0.29, 0.717) is 12.1 Å². The van der Waals surface area contributed by atoms with Crippen molar-refractivity contribution < 1.29 is 9.90 Å². The average Bonchev–Trinajstić information content (AvgIpc) is 2.47. The molecule has 0 radical (unpaired) electrons. The SMILES string of the molecule is Cc1ccc(CCCNC(=O)c2cc(C)ccc2O)c(C)c1. The summed E-state index contributed by atoms with van der Waals surface area (Å²) in [6, 6.07) is 11.5. The maximum Gasteiger partial charge on any atom is 0.255 e. The molecule has 2 rings (SSSR count). The molecule has 22 heavy (non-hydrogen) atoms. The number of rotatable bonds is 5. The van der Waals surface area contributed by atoms with Crippen molar-refractivity contribution >= 4 is 5.91 Å². The first kappa shape index (κ1) is 16.1. The second kappa shape index (κ2) is 7.12. The molecular formula is C19H23NO2. The lowest BCUT2D eigenvalue weighted by atomic mass is 10.0. The van der Waals surface area contributed by atoms with Gasteiger partial charge in [0.25, 0.3) is 5.91 Å². The van der Waals surface area contributed by atoms with E-state index in [1.54, 1.807) is 18.2 Å². The fourth-order valence-corrected chi connectivity index (χ4v) is 2.53. The van der Waals surface area contributed by atoms with Gasteiger partial charge < -0.3 is 10.4 Å². The van der Waals surface area contributed by atoms with Gasteiger partial charge >= 0.3 is 0 Å². The van der Waals surface area contributed by atoms with E-state index in [2.05, 4.69) is 37.4 Å². The maximum atomic E-state index is 12.1.